The van der Waals surface area contributed by atoms with Gasteiger partial charge < -0.3 is 40.3 Å². The first-order chi connectivity index (χ1) is 20.8. The lowest BCUT2D eigenvalue weighted by molar-refractivity contribution is -0.0511. The number of epoxide rings is 1. The number of aliphatic hydroxyl groups is 5. The van der Waals surface area contributed by atoms with Crippen LogP contribution in [0.2, 0.25) is 0 Å². The molecule has 3 aliphatic rings. The van der Waals surface area contributed by atoms with Gasteiger partial charge >= 0.3 is 0 Å². The molecule has 7 N–H and O–H groups in total. The minimum atomic E-state index is -1.41. The molecule has 4 heterocycles. The molecule has 13 heteroatoms. The van der Waals surface area contributed by atoms with Gasteiger partial charge in [-0.1, -0.05) is 42.5 Å². The van der Waals surface area contributed by atoms with E-state index in [4.69, 9.17) is 9.47 Å². The van der Waals surface area contributed by atoms with Gasteiger partial charge in [0.1, 0.15) is 36.6 Å². The third-order valence-electron chi connectivity index (χ3n) is 9.19. The molecule has 2 aliphatic heterocycles. The second-order valence-electron chi connectivity index (χ2n) is 11.5. The highest BCUT2D eigenvalue weighted by Crippen LogP contribution is 2.58. The zero-order valence-electron chi connectivity index (χ0n) is 22.2. The number of nitrogens with zero attached hydrogens (tertiary/aromatic N) is 3. The fourth-order valence-corrected chi connectivity index (χ4v) is 7.13. The Balaban J connectivity index is 1.22. The third kappa shape index (κ3) is 3.21. The van der Waals surface area contributed by atoms with Crippen LogP contribution < -0.4 is 10.9 Å². The number of hydrogen-bond acceptors (Lipinski definition) is 11. The van der Waals surface area contributed by atoms with E-state index in [1.165, 1.54) is 10.9 Å². The average molecular weight is 584 g/mol. The Hall–Kier alpha value is -4.21. The lowest BCUT2D eigenvalue weighted by Crippen LogP contribution is -2.40. The molecule has 13 nitrogen and oxygen atoms in total. The third-order valence-corrected chi connectivity index (χ3v) is 9.19. The van der Waals surface area contributed by atoms with Crippen LogP contribution in [0.5, 0.6) is 0 Å². The minimum absolute atomic E-state index is 0.00581. The van der Waals surface area contributed by atoms with Gasteiger partial charge in [-0.3, -0.25) is 14.3 Å². The molecule has 2 saturated heterocycles. The predicted molar refractivity (Wildman–Crippen MR) is 152 cm³/mol. The Kier molecular flexibility index (Phi) is 4.97. The molecule has 2 aromatic heterocycles. The Bertz CT molecular complexity index is 2150. The lowest BCUT2D eigenvalue weighted by atomic mass is 9.78. The number of benzene rings is 4. The van der Waals surface area contributed by atoms with E-state index >= 15 is 0 Å². The van der Waals surface area contributed by atoms with E-state index in [-0.39, 0.29) is 17.1 Å². The van der Waals surface area contributed by atoms with Crippen LogP contribution in [0.3, 0.4) is 0 Å². The number of aromatic nitrogens is 4. The number of aliphatic hydroxyl groups excluding tert-OH is 5. The summed E-state index contributed by atoms with van der Waals surface area (Å²) in [6.07, 6.45) is -6.98. The van der Waals surface area contributed by atoms with E-state index in [0.717, 1.165) is 32.3 Å². The summed E-state index contributed by atoms with van der Waals surface area (Å²) in [5, 5.41) is 61.7. The largest absolute Gasteiger partial charge is 0.394 e. The fourth-order valence-electron chi connectivity index (χ4n) is 7.13. The van der Waals surface area contributed by atoms with Crippen molar-refractivity contribution in [1.82, 2.24) is 19.5 Å². The van der Waals surface area contributed by atoms with E-state index in [1.807, 2.05) is 48.5 Å². The summed E-state index contributed by atoms with van der Waals surface area (Å²) < 4.78 is 13.1. The lowest BCUT2D eigenvalue weighted by Gasteiger charge is -2.31. The number of hydrogen-bond donors (Lipinski definition) is 7. The van der Waals surface area contributed by atoms with Crippen molar-refractivity contribution in [1.29, 1.82) is 0 Å². The van der Waals surface area contributed by atoms with E-state index < -0.39 is 60.7 Å². The predicted octanol–water partition coefficient (Wildman–Crippen LogP) is 0.700. The Morgan fingerprint density at radius 1 is 0.977 bits per heavy atom. The summed E-state index contributed by atoms with van der Waals surface area (Å²) in [5.74, 6) is -0.00581. The van der Waals surface area contributed by atoms with Gasteiger partial charge in [0.05, 0.1) is 12.9 Å². The maximum absolute atomic E-state index is 13.1. The molecule has 0 amide bonds. The van der Waals surface area contributed by atoms with Crippen LogP contribution in [0.15, 0.2) is 59.7 Å². The van der Waals surface area contributed by atoms with E-state index in [0.29, 0.717) is 11.1 Å². The summed E-state index contributed by atoms with van der Waals surface area (Å²) in [6.45, 7) is -0.515. The smallest absolute Gasteiger partial charge is 0.280 e. The number of anilines is 1. The molecule has 0 saturated carbocycles. The number of ether oxygens (including phenoxy) is 2. The van der Waals surface area contributed by atoms with Gasteiger partial charge in [0, 0.05) is 5.56 Å². The first-order valence-corrected chi connectivity index (χ1v) is 13.9. The van der Waals surface area contributed by atoms with Crippen LogP contribution in [-0.4, -0.2) is 82.2 Å². The Morgan fingerprint density at radius 2 is 1.74 bits per heavy atom. The van der Waals surface area contributed by atoms with Gasteiger partial charge in [0.2, 0.25) is 5.95 Å². The van der Waals surface area contributed by atoms with Crippen LogP contribution >= 0.6 is 0 Å². The van der Waals surface area contributed by atoms with Crippen LogP contribution in [0.25, 0.3) is 43.5 Å². The Morgan fingerprint density at radius 3 is 2.51 bits per heavy atom. The number of nitrogens with one attached hydrogen (secondary N) is 2. The van der Waals surface area contributed by atoms with Crippen molar-refractivity contribution in [2.75, 3.05) is 11.9 Å². The molecule has 43 heavy (non-hydrogen) atoms. The topological polar surface area (TPSA) is 199 Å². The van der Waals surface area contributed by atoms with Crippen molar-refractivity contribution in [3.63, 3.8) is 0 Å². The molecule has 1 aliphatic carbocycles. The van der Waals surface area contributed by atoms with Crippen molar-refractivity contribution in [3.8, 4) is 0 Å². The number of imidazole rings is 1. The van der Waals surface area contributed by atoms with Gasteiger partial charge in [-0.2, -0.15) is 4.98 Å². The molecular weight excluding hydrogens is 558 g/mol. The first-order valence-electron chi connectivity index (χ1n) is 13.9. The molecular formula is C30H25N5O8. The second kappa shape index (κ2) is 8.45. The van der Waals surface area contributed by atoms with Crippen LogP contribution in [0.1, 0.15) is 23.5 Å². The number of H-pyrrole nitrogens is 1. The van der Waals surface area contributed by atoms with Gasteiger partial charge in [-0.25, -0.2) is 4.98 Å². The highest BCUT2D eigenvalue weighted by atomic mass is 16.6. The summed E-state index contributed by atoms with van der Waals surface area (Å²) >= 11 is 0. The number of rotatable bonds is 4. The van der Waals surface area contributed by atoms with E-state index in [2.05, 4.69) is 20.3 Å². The number of fused-ring (bicyclic) bond motifs is 5. The molecule has 0 bridgehead atoms. The maximum atomic E-state index is 13.1. The number of aromatic amines is 1. The first kappa shape index (κ1) is 25.3. The van der Waals surface area contributed by atoms with Gasteiger partial charge in [-0.15, -0.1) is 0 Å². The molecule has 0 spiro atoms. The summed E-state index contributed by atoms with van der Waals surface area (Å²) in [5.41, 5.74) is -0.746. The summed E-state index contributed by atoms with van der Waals surface area (Å²) in [4.78, 5) is 24.5. The van der Waals surface area contributed by atoms with Gasteiger partial charge in [-0.05, 0) is 43.9 Å². The van der Waals surface area contributed by atoms with Crippen molar-refractivity contribution in [2.45, 2.75) is 48.6 Å². The highest BCUT2D eigenvalue weighted by molar-refractivity contribution is 6.24. The van der Waals surface area contributed by atoms with Crippen molar-refractivity contribution < 1.29 is 35.0 Å². The molecule has 9 rings (SSSR count). The molecule has 8 atom stereocenters. The normalized spacial score (nSPS) is 31.7. The second-order valence-corrected chi connectivity index (χ2v) is 11.5. The van der Waals surface area contributed by atoms with Crippen LogP contribution in [-0.2, 0) is 15.2 Å². The SMILES string of the molecule is O=c1[nH]c(NC23OC2C(O)C(O)c2cc4ccc5cccc6ccc(c23)c4c56)nc2c1ncn2[C@@H]1O[C@H](CO)[C@@H](O)[C@H]1O. The van der Waals surface area contributed by atoms with Crippen molar-refractivity contribution in [3.05, 3.63) is 76.3 Å². The zero-order chi connectivity index (χ0) is 29.4. The average Bonchev–Trinajstić information content (AvgIpc) is 3.47. The summed E-state index contributed by atoms with van der Waals surface area (Å²) in [7, 11) is 0. The van der Waals surface area contributed by atoms with Crippen LogP contribution in [0.4, 0.5) is 5.95 Å². The molecule has 4 aromatic carbocycles. The highest BCUT2D eigenvalue weighted by Gasteiger charge is 2.68. The van der Waals surface area contributed by atoms with E-state index in [1.54, 1.807) is 0 Å². The van der Waals surface area contributed by atoms with Crippen LogP contribution in [0, 0.1) is 0 Å². The Labute approximate surface area is 240 Å². The van der Waals surface area contributed by atoms with Crippen molar-refractivity contribution >= 4 is 49.4 Å². The van der Waals surface area contributed by atoms with Gasteiger partial charge in [0.25, 0.3) is 5.56 Å². The monoisotopic (exact) mass is 583 g/mol. The fraction of sp³-hybridized carbons (Fsp3) is 0.300. The van der Waals surface area contributed by atoms with E-state index in [9.17, 15) is 30.3 Å². The molecule has 2 fully saturated rings. The zero-order valence-corrected chi connectivity index (χ0v) is 22.2. The molecule has 218 valence electrons. The molecule has 6 aromatic rings. The van der Waals surface area contributed by atoms with Gasteiger partial charge in [0.15, 0.2) is 23.1 Å². The quantitative estimate of drug-likeness (QED) is 0.114. The minimum Gasteiger partial charge on any atom is -0.394 e. The maximum Gasteiger partial charge on any atom is 0.280 e. The molecule has 0 radical (unpaired) electrons. The van der Waals surface area contributed by atoms with Crippen molar-refractivity contribution in [2.24, 2.45) is 0 Å². The summed E-state index contributed by atoms with van der Waals surface area (Å²) in [6, 6.07) is 16.0. The molecule has 4 unspecified atom stereocenters. The standard InChI is InChI=1S/C30H25N5O8/c36-9-16-22(38)24(40)28(42-16)35-10-31-20-26(35)32-29(33-27(20)41)34-30-19-14-7-6-12-3-1-2-11-4-5-13(18(14)17(11)12)8-15(19)21(37)23(39)25(30)43-30/h1-8,10,16,21-25,28,36-40H,9H2,(H2,32,33,34,41)/t16-,21?,22-,23?,24-,25?,28-,30?/m1/s1.